The van der Waals surface area contributed by atoms with Crippen LogP contribution in [0.3, 0.4) is 0 Å². The summed E-state index contributed by atoms with van der Waals surface area (Å²) in [6.07, 6.45) is -0.755. The zero-order valence-corrected chi connectivity index (χ0v) is 12.2. The molecule has 0 saturated carbocycles. The lowest BCUT2D eigenvalue weighted by Gasteiger charge is -2.22. The van der Waals surface area contributed by atoms with E-state index < -0.39 is 11.0 Å². The maximum Gasteiger partial charge on any atom is 0.406 e. The normalized spacial score (nSPS) is 13.1. The van der Waals surface area contributed by atoms with E-state index in [1.54, 1.807) is 13.0 Å². The number of nitro groups is 1. The highest BCUT2D eigenvalue weighted by molar-refractivity contribution is 5.40. The van der Waals surface area contributed by atoms with Crippen LogP contribution >= 0.6 is 0 Å². The molecule has 1 unspecified atom stereocenters. The molecule has 1 aromatic rings. The van der Waals surface area contributed by atoms with Gasteiger partial charge in [-0.2, -0.15) is 0 Å². The molecule has 0 fully saturated rings. The van der Waals surface area contributed by atoms with E-state index in [-0.39, 0.29) is 23.7 Å². The standard InChI is InChI=1S/C13H21N3O4/c1-9-5-6-11(12(15-9)16(18)19)20-8-10(17)7-14-13(2,3)4/h5-6,10,14,17H,7-8H2,1-4H3. The van der Waals surface area contributed by atoms with Crippen LogP contribution in [0.15, 0.2) is 12.1 Å². The SMILES string of the molecule is Cc1ccc(OCC(O)CNC(C)(C)C)c([N+](=O)[O-])n1. The van der Waals surface area contributed by atoms with Gasteiger partial charge in [-0.25, -0.2) is 0 Å². The third kappa shape index (κ3) is 5.50. The summed E-state index contributed by atoms with van der Waals surface area (Å²) in [5.74, 6) is -0.267. The van der Waals surface area contributed by atoms with Crippen molar-refractivity contribution in [1.29, 1.82) is 0 Å². The van der Waals surface area contributed by atoms with Gasteiger partial charge in [-0.1, -0.05) is 0 Å². The van der Waals surface area contributed by atoms with Gasteiger partial charge in [-0.3, -0.25) is 0 Å². The molecule has 20 heavy (non-hydrogen) atoms. The number of hydrogen-bond acceptors (Lipinski definition) is 6. The average Bonchev–Trinajstić information content (AvgIpc) is 2.33. The monoisotopic (exact) mass is 283 g/mol. The molecule has 112 valence electrons. The fraction of sp³-hybridized carbons (Fsp3) is 0.615. The minimum Gasteiger partial charge on any atom is -0.483 e. The molecule has 0 aliphatic rings. The van der Waals surface area contributed by atoms with Crippen molar-refractivity contribution in [3.05, 3.63) is 27.9 Å². The molecule has 1 aromatic heterocycles. The van der Waals surface area contributed by atoms with Gasteiger partial charge >= 0.3 is 5.82 Å². The highest BCUT2D eigenvalue weighted by atomic mass is 16.6. The van der Waals surface area contributed by atoms with Gasteiger partial charge in [0, 0.05) is 19.0 Å². The van der Waals surface area contributed by atoms with Crippen LogP contribution in [0.5, 0.6) is 5.75 Å². The van der Waals surface area contributed by atoms with Gasteiger partial charge in [0.2, 0.25) is 5.75 Å². The van der Waals surface area contributed by atoms with Crippen molar-refractivity contribution in [3.8, 4) is 5.75 Å². The van der Waals surface area contributed by atoms with Gasteiger partial charge in [0.25, 0.3) is 0 Å². The van der Waals surface area contributed by atoms with Crippen LogP contribution in [0.2, 0.25) is 0 Å². The highest BCUT2D eigenvalue weighted by Crippen LogP contribution is 2.24. The van der Waals surface area contributed by atoms with E-state index in [0.29, 0.717) is 12.2 Å². The van der Waals surface area contributed by atoms with Gasteiger partial charge in [0.05, 0.1) is 0 Å². The van der Waals surface area contributed by atoms with Crippen molar-refractivity contribution in [1.82, 2.24) is 10.3 Å². The minimum atomic E-state index is -0.755. The molecule has 0 amide bonds. The third-order valence-corrected chi connectivity index (χ3v) is 2.45. The number of pyridine rings is 1. The quantitative estimate of drug-likeness (QED) is 0.605. The predicted octanol–water partition coefficient (Wildman–Crippen LogP) is 1.43. The zero-order valence-electron chi connectivity index (χ0n) is 12.2. The first-order chi connectivity index (χ1) is 9.19. The molecule has 7 nitrogen and oxygen atoms in total. The van der Waals surface area contributed by atoms with Crippen LogP contribution in [0.25, 0.3) is 0 Å². The first-order valence-electron chi connectivity index (χ1n) is 6.37. The Bertz CT molecular complexity index is 471. The molecule has 1 atom stereocenters. The smallest absolute Gasteiger partial charge is 0.406 e. The second kappa shape index (κ2) is 6.62. The number of ether oxygens (including phenoxy) is 1. The lowest BCUT2D eigenvalue weighted by molar-refractivity contribution is -0.390. The topological polar surface area (TPSA) is 97.5 Å². The van der Waals surface area contributed by atoms with Crippen molar-refractivity contribution in [3.63, 3.8) is 0 Å². The summed E-state index contributed by atoms with van der Waals surface area (Å²) in [6.45, 7) is 7.92. The number of nitrogens with one attached hydrogen (secondary N) is 1. The van der Waals surface area contributed by atoms with Crippen LogP contribution in [0.4, 0.5) is 5.82 Å². The van der Waals surface area contributed by atoms with Crippen LogP contribution in [-0.4, -0.2) is 39.8 Å². The molecule has 7 heteroatoms. The Balaban J connectivity index is 2.59. The molecule has 2 N–H and O–H groups in total. The molecule has 1 heterocycles. The van der Waals surface area contributed by atoms with Crippen molar-refractivity contribution >= 4 is 5.82 Å². The van der Waals surface area contributed by atoms with Crippen molar-refractivity contribution < 1.29 is 14.8 Å². The van der Waals surface area contributed by atoms with Crippen molar-refractivity contribution in [2.24, 2.45) is 0 Å². The predicted molar refractivity (Wildman–Crippen MR) is 74.9 cm³/mol. The summed E-state index contributed by atoms with van der Waals surface area (Å²) < 4.78 is 5.29. The van der Waals surface area contributed by atoms with E-state index in [2.05, 4.69) is 10.3 Å². The number of aliphatic hydroxyl groups is 1. The molecular formula is C13H21N3O4. The van der Waals surface area contributed by atoms with E-state index in [1.807, 2.05) is 20.8 Å². The third-order valence-electron chi connectivity index (χ3n) is 2.45. The van der Waals surface area contributed by atoms with Crippen LogP contribution < -0.4 is 10.1 Å². The number of aliphatic hydroxyl groups excluding tert-OH is 1. The van der Waals surface area contributed by atoms with Gasteiger partial charge in [0.15, 0.2) is 0 Å². The molecule has 1 rings (SSSR count). The number of nitrogens with zero attached hydrogens (tertiary/aromatic N) is 2. The molecular weight excluding hydrogens is 262 g/mol. The number of aryl methyl sites for hydroxylation is 1. The maximum atomic E-state index is 10.9. The second-order valence-electron chi connectivity index (χ2n) is 5.63. The number of aromatic nitrogens is 1. The average molecular weight is 283 g/mol. The minimum absolute atomic E-state index is 0.0331. The van der Waals surface area contributed by atoms with Gasteiger partial charge in [0.1, 0.15) is 18.4 Å². The fourth-order valence-corrected chi connectivity index (χ4v) is 1.44. The summed E-state index contributed by atoms with van der Waals surface area (Å²) in [5, 5.41) is 23.8. The van der Waals surface area contributed by atoms with Crippen molar-refractivity contribution in [2.45, 2.75) is 39.3 Å². The van der Waals surface area contributed by atoms with Gasteiger partial charge < -0.3 is 25.3 Å². The summed E-state index contributed by atoms with van der Waals surface area (Å²) in [6, 6.07) is 3.12. The molecule has 0 bridgehead atoms. The summed E-state index contributed by atoms with van der Waals surface area (Å²) in [5.41, 5.74) is 0.428. The second-order valence-corrected chi connectivity index (χ2v) is 5.63. The zero-order chi connectivity index (χ0) is 15.3. The summed E-state index contributed by atoms with van der Waals surface area (Å²) in [7, 11) is 0. The van der Waals surface area contributed by atoms with Gasteiger partial charge in [-0.15, -0.1) is 0 Å². The molecule has 0 aromatic carbocycles. The lowest BCUT2D eigenvalue weighted by atomic mass is 10.1. The van der Waals surface area contributed by atoms with E-state index >= 15 is 0 Å². The largest absolute Gasteiger partial charge is 0.483 e. The molecule has 0 saturated heterocycles. The molecule has 0 radical (unpaired) electrons. The van der Waals surface area contributed by atoms with E-state index in [9.17, 15) is 15.2 Å². The summed E-state index contributed by atoms with van der Waals surface area (Å²) >= 11 is 0. The Morgan fingerprint density at radius 2 is 2.15 bits per heavy atom. The number of rotatable bonds is 6. The lowest BCUT2D eigenvalue weighted by Crippen LogP contribution is -2.42. The number of β-amino-alcohol motifs (C(OH)–C–C–N with tert-alkyl or cyclic N) is 1. The molecule has 0 aliphatic carbocycles. The van der Waals surface area contributed by atoms with E-state index in [0.717, 1.165) is 0 Å². The maximum absolute atomic E-state index is 10.9. The Labute approximate surface area is 118 Å². The summed E-state index contributed by atoms with van der Waals surface area (Å²) in [4.78, 5) is 14.1. The Hall–Kier alpha value is -1.73. The Morgan fingerprint density at radius 3 is 2.70 bits per heavy atom. The molecule has 0 spiro atoms. The first-order valence-corrected chi connectivity index (χ1v) is 6.37. The first kappa shape index (κ1) is 16.3. The van der Waals surface area contributed by atoms with Crippen LogP contribution in [0, 0.1) is 17.0 Å². The van der Waals surface area contributed by atoms with Gasteiger partial charge in [-0.05, 0) is 42.8 Å². The number of hydrogen-bond donors (Lipinski definition) is 2. The molecule has 0 aliphatic heterocycles. The van der Waals surface area contributed by atoms with Crippen LogP contribution in [0.1, 0.15) is 26.5 Å². The van der Waals surface area contributed by atoms with Crippen LogP contribution in [-0.2, 0) is 0 Å². The Kier molecular flexibility index (Phi) is 5.41. The van der Waals surface area contributed by atoms with E-state index in [1.165, 1.54) is 6.07 Å². The highest BCUT2D eigenvalue weighted by Gasteiger charge is 2.19. The van der Waals surface area contributed by atoms with Crippen molar-refractivity contribution in [2.75, 3.05) is 13.2 Å². The Morgan fingerprint density at radius 1 is 1.50 bits per heavy atom. The fourth-order valence-electron chi connectivity index (χ4n) is 1.44. The van der Waals surface area contributed by atoms with E-state index in [4.69, 9.17) is 4.74 Å².